The fraction of sp³-hybridized carbons (Fsp3) is 0.417. The lowest BCUT2D eigenvalue weighted by Gasteiger charge is -2.48. The first-order chi connectivity index (χ1) is 14.9. The zero-order chi connectivity index (χ0) is 22.1. The van der Waals surface area contributed by atoms with Crippen molar-refractivity contribution in [1.29, 1.82) is 0 Å². The van der Waals surface area contributed by atoms with Gasteiger partial charge in [-0.1, -0.05) is 47.5 Å². The number of hydrogen-bond acceptors (Lipinski definition) is 3. The SMILES string of the molecule is O=C(O)C[C@H]1CC(c2cccc(Cl)c2)[C@@H](c2ccc(Cl)cc2)N([C@H](CO)C2CC2)C1=O. The smallest absolute Gasteiger partial charge is 0.304 e. The Labute approximate surface area is 191 Å². The number of aliphatic hydroxyl groups excluding tert-OH is 1. The molecule has 7 heteroatoms. The number of carbonyl (C=O) groups is 2. The minimum absolute atomic E-state index is 0.150. The predicted molar refractivity (Wildman–Crippen MR) is 119 cm³/mol. The molecule has 1 heterocycles. The molecule has 4 atom stereocenters. The number of rotatable bonds is 7. The summed E-state index contributed by atoms with van der Waals surface area (Å²) < 4.78 is 0. The van der Waals surface area contributed by atoms with E-state index in [9.17, 15) is 19.8 Å². The van der Waals surface area contributed by atoms with Crippen LogP contribution in [0.4, 0.5) is 0 Å². The summed E-state index contributed by atoms with van der Waals surface area (Å²) in [6.45, 7) is -0.150. The predicted octanol–water partition coefficient (Wildman–Crippen LogP) is 4.91. The van der Waals surface area contributed by atoms with Crippen molar-refractivity contribution in [2.75, 3.05) is 6.61 Å². The van der Waals surface area contributed by atoms with E-state index in [1.807, 2.05) is 30.3 Å². The first kappa shape index (κ1) is 22.1. The minimum atomic E-state index is -1.000. The number of carboxylic acids is 1. The van der Waals surface area contributed by atoms with Crippen LogP contribution in [0.2, 0.25) is 10.0 Å². The van der Waals surface area contributed by atoms with Gasteiger partial charge in [0.25, 0.3) is 0 Å². The molecule has 1 saturated heterocycles. The highest BCUT2D eigenvalue weighted by Crippen LogP contribution is 2.50. The van der Waals surface area contributed by atoms with Crippen LogP contribution in [0.15, 0.2) is 48.5 Å². The molecule has 2 aromatic rings. The van der Waals surface area contributed by atoms with Crippen LogP contribution < -0.4 is 0 Å². The van der Waals surface area contributed by atoms with Crippen molar-refractivity contribution in [2.45, 2.75) is 43.7 Å². The Morgan fingerprint density at radius 2 is 1.77 bits per heavy atom. The largest absolute Gasteiger partial charge is 0.481 e. The number of aliphatic carboxylic acids is 1. The van der Waals surface area contributed by atoms with Gasteiger partial charge < -0.3 is 15.1 Å². The van der Waals surface area contributed by atoms with E-state index >= 15 is 0 Å². The summed E-state index contributed by atoms with van der Waals surface area (Å²) in [5.41, 5.74) is 1.86. The van der Waals surface area contributed by atoms with Crippen molar-refractivity contribution < 1.29 is 19.8 Å². The van der Waals surface area contributed by atoms with Crippen LogP contribution in [-0.2, 0) is 9.59 Å². The van der Waals surface area contributed by atoms with Gasteiger partial charge in [-0.2, -0.15) is 0 Å². The van der Waals surface area contributed by atoms with Crippen LogP contribution in [0.25, 0.3) is 0 Å². The van der Waals surface area contributed by atoms with E-state index in [2.05, 4.69) is 0 Å². The standard InChI is InChI=1S/C24H25Cl2NO4/c25-18-8-6-15(7-9-18)23-20(16-2-1-3-19(26)10-16)11-17(12-22(29)30)24(31)27(23)21(13-28)14-4-5-14/h1-3,6-10,14,17,20-21,23,28H,4-5,11-13H2,(H,29,30)/t17-,20?,21-,23-/m1/s1. The topological polar surface area (TPSA) is 77.8 Å². The van der Waals surface area contributed by atoms with E-state index in [1.54, 1.807) is 23.1 Å². The first-order valence-corrected chi connectivity index (χ1v) is 11.3. The summed E-state index contributed by atoms with van der Waals surface area (Å²) in [4.78, 5) is 26.9. The highest BCUT2D eigenvalue weighted by molar-refractivity contribution is 6.30. The second kappa shape index (κ2) is 9.19. The van der Waals surface area contributed by atoms with Gasteiger partial charge in [0.15, 0.2) is 0 Å². The summed E-state index contributed by atoms with van der Waals surface area (Å²) in [6.07, 6.45) is 2.07. The number of carboxylic acid groups (broad SMARTS) is 1. The lowest BCUT2D eigenvalue weighted by Crippen LogP contribution is -2.54. The molecule has 2 fully saturated rings. The first-order valence-electron chi connectivity index (χ1n) is 10.5. The molecular weight excluding hydrogens is 437 g/mol. The number of hydrogen-bond donors (Lipinski definition) is 2. The van der Waals surface area contributed by atoms with Crippen molar-refractivity contribution in [2.24, 2.45) is 11.8 Å². The van der Waals surface area contributed by atoms with E-state index in [-0.39, 0.29) is 42.9 Å². The zero-order valence-corrected chi connectivity index (χ0v) is 18.5. The molecule has 0 bridgehead atoms. The average Bonchev–Trinajstić information content (AvgIpc) is 3.57. The van der Waals surface area contributed by atoms with Crippen LogP contribution in [0, 0.1) is 11.8 Å². The number of nitrogens with zero attached hydrogens (tertiary/aromatic N) is 1. The fourth-order valence-corrected chi connectivity index (χ4v) is 5.21. The van der Waals surface area contributed by atoms with E-state index in [0.29, 0.717) is 16.5 Å². The summed E-state index contributed by atoms with van der Waals surface area (Å²) in [6, 6.07) is 14.2. The van der Waals surface area contributed by atoms with Crippen molar-refractivity contribution >= 4 is 35.1 Å². The van der Waals surface area contributed by atoms with Gasteiger partial charge in [-0.15, -0.1) is 0 Å². The van der Waals surface area contributed by atoms with Gasteiger partial charge in [0.2, 0.25) is 5.91 Å². The van der Waals surface area contributed by atoms with Crippen LogP contribution in [-0.4, -0.2) is 39.6 Å². The van der Waals surface area contributed by atoms with E-state index < -0.39 is 11.9 Å². The van der Waals surface area contributed by atoms with Gasteiger partial charge in [-0.25, -0.2) is 0 Å². The number of carbonyl (C=O) groups excluding carboxylic acids is 1. The number of halogens is 2. The molecule has 2 N–H and O–H groups in total. The Kier molecular flexibility index (Phi) is 6.56. The van der Waals surface area contributed by atoms with Gasteiger partial charge in [-0.05, 0) is 60.6 Å². The van der Waals surface area contributed by atoms with Gasteiger partial charge in [0.05, 0.1) is 25.1 Å². The quantitative estimate of drug-likeness (QED) is 0.613. The molecule has 5 nitrogen and oxygen atoms in total. The number of likely N-dealkylation sites (tertiary alicyclic amines) is 1. The molecule has 1 amide bonds. The molecule has 4 rings (SSSR count). The van der Waals surface area contributed by atoms with Crippen molar-refractivity contribution in [3.63, 3.8) is 0 Å². The second-order valence-corrected chi connectivity index (χ2v) is 9.39. The maximum absolute atomic E-state index is 13.6. The Bertz CT molecular complexity index is 960. The van der Waals surface area contributed by atoms with E-state index in [0.717, 1.165) is 24.0 Å². The summed E-state index contributed by atoms with van der Waals surface area (Å²) in [7, 11) is 0. The van der Waals surface area contributed by atoms with E-state index in [4.69, 9.17) is 23.2 Å². The molecule has 2 aliphatic rings. The van der Waals surface area contributed by atoms with Gasteiger partial charge in [0.1, 0.15) is 0 Å². The molecule has 1 aliphatic heterocycles. The summed E-state index contributed by atoms with van der Waals surface area (Å²) in [5.74, 6) is -1.79. The third-order valence-corrected chi connectivity index (χ3v) is 6.93. The van der Waals surface area contributed by atoms with Crippen LogP contribution >= 0.6 is 23.2 Å². The third kappa shape index (κ3) is 4.74. The van der Waals surface area contributed by atoms with Crippen LogP contribution in [0.5, 0.6) is 0 Å². The lowest BCUT2D eigenvalue weighted by atomic mass is 9.74. The van der Waals surface area contributed by atoms with Crippen molar-refractivity contribution in [3.05, 3.63) is 69.7 Å². The molecule has 1 unspecified atom stereocenters. The highest BCUT2D eigenvalue weighted by Gasteiger charge is 2.49. The lowest BCUT2D eigenvalue weighted by molar-refractivity contribution is -0.153. The molecule has 0 aromatic heterocycles. The molecule has 0 radical (unpaired) electrons. The number of piperidine rings is 1. The van der Waals surface area contributed by atoms with Crippen LogP contribution in [0.3, 0.4) is 0 Å². The average molecular weight is 462 g/mol. The maximum Gasteiger partial charge on any atom is 0.304 e. The molecular formula is C24H25Cl2NO4. The molecule has 1 saturated carbocycles. The Balaban J connectivity index is 1.84. The van der Waals surface area contributed by atoms with Crippen molar-refractivity contribution in [1.82, 2.24) is 4.90 Å². The number of aliphatic hydroxyl groups is 1. The second-order valence-electron chi connectivity index (χ2n) is 8.52. The zero-order valence-electron chi connectivity index (χ0n) is 17.0. The molecule has 164 valence electrons. The maximum atomic E-state index is 13.6. The van der Waals surface area contributed by atoms with E-state index in [1.165, 1.54) is 0 Å². The van der Waals surface area contributed by atoms with Crippen molar-refractivity contribution in [3.8, 4) is 0 Å². The Morgan fingerprint density at radius 1 is 1.06 bits per heavy atom. The summed E-state index contributed by atoms with van der Waals surface area (Å²) in [5, 5.41) is 20.9. The van der Waals surface area contributed by atoms with Gasteiger partial charge >= 0.3 is 5.97 Å². The Morgan fingerprint density at radius 3 is 2.35 bits per heavy atom. The third-order valence-electron chi connectivity index (χ3n) is 6.44. The molecule has 0 spiro atoms. The highest BCUT2D eigenvalue weighted by atomic mass is 35.5. The Hall–Kier alpha value is -2.08. The fourth-order valence-electron chi connectivity index (χ4n) is 4.88. The molecule has 2 aromatic carbocycles. The van der Waals surface area contributed by atoms with Gasteiger partial charge in [0, 0.05) is 21.9 Å². The minimum Gasteiger partial charge on any atom is -0.481 e. The number of amides is 1. The normalized spacial score (nSPS) is 24.8. The monoisotopic (exact) mass is 461 g/mol. The number of benzene rings is 2. The molecule has 1 aliphatic carbocycles. The molecule has 31 heavy (non-hydrogen) atoms. The van der Waals surface area contributed by atoms with Crippen LogP contribution in [0.1, 0.15) is 48.8 Å². The summed E-state index contributed by atoms with van der Waals surface area (Å²) >= 11 is 12.4. The van der Waals surface area contributed by atoms with Gasteiger partial charge in [-0.3, -0.25) is 9.59 Å².